The quantitative estimate of drug-likeness (QED) is 0.306. The van der Waals surface area contributed by atoms with E-state index in [9.17, 15) is 19.2 Å². The largest absolute Gasteiger partial charge is 0.343 e. The lowest BCUT2D eigenvalue weighted by Gasteiger charge is -2.40. The van der Waals surface area contributed by atoms with Crippen LogP contribution in [-0.4, -0.2) is 58.0 Å². The van der Waals surface area contributed by atoms with Crippen LogP contribution >= 0.6 is 0 Å². The third kappa shape index (κ3) is 8.29. The number of likely N-dealkylation sites (tertiary alicyclic amines) is 1. The number of aromatic nitrogens is 1. The number of amides is 4. The molecule has 4 rings (SSSR count). The maximum Gasteiger partial charge on any atom is 0.244 e. The lowest BCUT2D eigenvalue weighted by atomic mass is 9.78. The highest BCUT2D eigenvalue weighted by molar-refractivity contribution is 5.96. The van der Waals surface area contributed by atoms with Crippen molar-refractivity contribution < 1.29 is 19.2 Å². The van der Waals surface area contributed by atoms with Crippen molar-refractivity contribution in [3.05, 3.63) is 89.1 Å². The number of hydrogen-bond acceptors (Lipinski definition) is 6. The second kappa shape index (κ2) is 14.7. The minimum Gasteiger partial charge on any atom is -0.343 e. The number of piperidine rings is 1. The van der Waals surface area contributed by atoms with Gasteiger partial charge in [0.15, 0.2) is 0 Å². The van der Waals surface area contributed by atoms with Gasteiger partial charge in [0.1, 0.15) is 12.4 Å². The second-order valence-corrected chi connectivity index (χ2v) is 11.5. The van der Waals surface area contributed by atoms with Crippen LogP contribution in [0.2, 0.25) is 0 Å². The third-order valence-electron chi connectivity index (χ3n) is 8.30. The van der Waals surface area contributed by atoms with Gasteiger partial charge in [0.25, 0.3) is 0 Å². The van der Waals surface area contributed by atoms with Gasteiger partial charge in [0, 0.05) is 50.4 Å². The molecule has 1 aromatic heterocycles. The monoisotopic (exact) mass is 598 g/mol. The van der Waals surface area contributed by atoms with Crippen molar-refractivity contribution in [2.45, 2.75) is 59.5 Å². The van der Waals surface area contributed by atoms with Crippen LogP contribution in [0.3, 0.4) is 0 Å². The lowest BCUT2D eigenvalue weighted by molar-refractivity contribution is -0.148. The van der Waals surface area contributed by atoms with Gasteiger partial charge < -0.3 is 26.2 Å². The number of pyridine rings is 1. The summed E-state index contributed by atoms with van der Waals surface area (Å²) in [6, 6.07) is 18.5. The molecule has 0 aliphatic carbocycles. The van der Waals surface area contributed by atoms with Gasteiger partial charge in [-0.3, -0.25) is 19.2 Å². The first kappa shape index (κ1) is 32.3. The fraction of sp³-hybridized carbons (Fsp3) is 0.382. The minimum absolute atomic E-state index is 0.00437. The average molecular weight is 599 g/mol. The predicted octanol–water partition coefficient (Wildman–Crippen LogP) is 3.90. The smallest absolute Gasteiger partial charge is 0.244 e. The molecule has 2 heterocycles. The molecule has 10 heteroatoms. The van der Waals surface area contributed by atoms with E-state index in [1.807, 2.05) is 56.3 Å². The number of carbonyl (C=O) groups excluding carboxylic acids is 4. The number of aryl methyl sites for hydroxylation is 1. The predicted molar refractivity (Wildman–Crippen MR) is 170 cm³/mol. The zero-order valence-corrected chi connectivity index (χ0v) is 25.8. The van der Waals surface area contributed by atoms with Crippen molar-refractivity contribution in [3.8, 4) is 0 Å². The Labute approximate surface area is 259 Å². The van der Waals surface area contributed by atoms with E-state index in [-0.39, 0.29) is 43.1 Å². The van der Waals surface area contributed by atoms with E-state index in [2.05, 4.69) is 15.6 Å². The molecule has 10 nitrogen and oxygen atoms in total. The van der Waals surface area contributed by atoms with Crippen molar-refractivity contribution in [1.82, 2.24) is 14.8 Å². The molecule has 1 saturated heterocycles. The fourth-order valence-electron chi connectivity index (χ4n) is 5.61. The number of carbonyl (C=O) groups is 4. The molecule has 2 aromatic carbocycles. The highest BCUT2D eigenvalue weighted by Gasteiger charge is 2.40. The number of nitrogens with one attached hydrogen (secondary N) is 2. The summed E-state index contributed by atoms with van der Waals surface area (Å²) in [5.41, 5.74) is 9.41. The molecule has 44 heavy (non-hydrogen) atoms. The molecule has 1 fully saturated rings. The normalized spacial score (nSPS) is 14.0. The van der Waals surface area contributed by atoms with Gasteiger partial charge in [-0.25, -0.2) is 4.98 Å². The Hall–Kier alpha value is -4.57. The Morgan fingerprint density at radius 3 is 2.25 bits per heavy atom. The summed E-state index contributed by atoms with van der Waals surface area (Å²) >= 11 is 0. The van der Waals surface area contributed by atoms with Gasteiger partial charge in [-0.1, -0.05) is 50.2 Å². The molecule has 3 aromatic rings. The molecule has 0 atom stereocenters. The van der Waals surface area contributed by atoms with Gasteiger partial charge in [-0.2, -0.15) is 0 Å². The molecule has 0 saturated carbocycles. The van der Waals surface area contributed by atoms with Gasteiger partial charge in [-0.15, -0.1) is 0 Å². The topological polar surface area (TPSA) is 138 Å². The molecule has 4 amide bonds. The Morgan fingerprint density at radius 1 is 0.909 bits per heavy atom. The van der Waals surface area contributed by atoms with Crippen LogP contribution < -0.4 is 16.4 Å². The Bertz CT molecular complexity index is 1480. The molecule has 1 aliphatic heterocycles. The summed E-state index contributed by atoms with van der Waals surface area (Å²) in [6.45, 7) is 6.85. The van der Waals surface area contributed by atoms with E-state index < -0.39 is 5.41 Å². The maximum atomic E-state index is 14.1. The molecular formula is C34H42N6O4. The standard InChI is InChI=1S/C34H42N6O4/c1-4-25-12-13-29(19-28(25)20-31(42)38-30-11-7-8-16-36-30)37-32(43)23-40(22-27-10-6-5-9-26(27)21-35)33(44)34(3)14-17-39(18-15-34)24(2)41/h5-13,16,19H,4,14-15,17-18,20-23,35H2,1-3H3,(H,37,43)(H,36,38,42). The Morgan fingerprint density at radius 2 is 1.61 bits per heavy atom. The maximum absolute atomic E-state index is 14.1. The summed E-state index contributed by atoms with van der Waals surface area (Å²) in [7, 11) is 0. The van der Waals surface area contributed by atoms with E-state index in [0.29, 0.717) is 44.0 Å². The molecule has 0 unspecified atom stereocenters. The van der Waals surface area contributed by atoms with Crippen LogP contribution in [0.25, 0.3) is 0 Å². The molecule has 232 valence electrons. The number of nitrogens with zero attached hydrogens (tertiary/aromatic N) is 3. The van der Waals surface area contributed by atoms with Gasteiger partial charge in [0.2, 0.25) is 23.6 Å². The van der Waals surface area contributed by atoms with Gasteiger partial charge in [-0.05, 0) is 65.8 Å². The van der Waals surface area contributed by atoms with E-state index in [1.54, 1.807) is 34.2 Å². The van der Waals surface area contributed by atoms with Crippen LogP contribution in [-0.2, 0) is 45.1 Å². The highest BCUT2D eigenvalue weighted by atomic mass is 16.2. The first-order valence-electron chi connectivity index (χ1n) is 15.1. The number of anilines is 2. The highest BCUT2D eigenvalue weighted by Crippen LogP contribution is 2.34. The number of hydrogen-bond donors (Lipinski definition) is 3. The van der Waals surface area contributed by atoms with Crippen LogP contribution in [0.4, 0.5) is 11.5 Å². The Kier molecular flexibility index (Phi) is 10.8. The number of benzene rings is 2. The van der Waals surface area contributed by atoms with Crippen molar-refractivity contribution in [2.24, 2.45) is 11.1 Å². The average Bonchev–Trinajstić information content (AvgIpc) is 3.01. The Balaban J connectivity index is 1.50. The van der Waals surface area contributed by atoms with Crippen LogP contribution in [0.1, 0.15) is 55.9 Å². The molecule has 0 bridgehead atoms. The first-order chi connectivity index (χ1) is 21.1. The van der Waals surface area contributed by atoms with Crippen molar-refractivity contribution >= 4 is 35.1 Å². The molecular weight excluding hydrogens is 556 g/mol. The van der Waals surface area contributed by atoms with Crippen LogP contribution in [0.15, 0.2) is 66.9 Å². The van der Waals surface area contributed by atoms with Crippen molar-refractivity contribution in [3.63, 3.8) is 0 Å². The van der Waals surface area contributed by atoms with Gasteiger partial charge in [0.05, 0.1) is 6.42 Å². The third-order valence-corrected chi connectivity index (χ3v) is 8.30. The van der Waals surface area contributed by atoms with E-state index >= 15 is 0 Å². The second-order valence-electron chi connectivity index (χ2n) is 11.5. The number of nitrogens with two attached hydrogens (primary N) is 1. The lowest BCUT2D eigenvalue weighted by Crippen LogP contribution is -2.51. The molecule has 0 radical (unpaired) electrons. The molecule has 0 spiro atoms. The van der Waals surface area contributed by atoms with E-state index in [4.69, 9.17) is 5.73 Å². The SMILES string of the molecule is CCc1ccc(NC(=O)CN(Cc2ccccc2CN)C(=O)C2(C)CCN(C(C)=O)CC2)cc1CC(=O)Nc1ccccn1. The summed E-state index contributed by atoms with van der Waals surface area (Å²) in [4.78, 5) is 59.7. The zero-order chi connectivity index (χ0) is 31.7. The number of rotatable bonds is 11. The van der Waals surface area contributed by atoms with E-state index in [0.717, 1.165) is 28.7 Å². The summed E-state index contributed by atoms with van der Waals surface area (Å²) in [6.07, 6.45) is 3.50. The molecule has 4 N–H and O–H groups in total. The van der Waals surface area contributed by atoms with Crippen molar-refractivity contribution in [1.29, 1.82) is 0 Å². The van der Waals surface area contributed by atoms with Crippen molar-refractivity contribution in [2.75, 3.05) is 30.3 Å². The minimum atomic E-state index is -0.708. The summed E-state index contributed by atoms with van der Waals surface area (Å²) in [5.74, 6) is -0.212. The van der Waals surface area contributed by atoms with E-state index in [1.165, 1.54) is 6.92 Å². The summed E-state index contributed by atoms with van der Waals surface area (Å²) < 4.78 is 0. The molecule has 1 aliphatic rings. The summed E-state index contributed by atoms with van der Waals surface area (Å²) in [5, 5.41) is 5.74. The van der Waals surface area contributed by atoms with Crippen LogP contribution in [0, 0.1) is 5.41 Å². The first-order valence-corrected chi connectivity index (χ1v) is 15.1. The van der Waals surface area contributed by atoms with Crippen LogP contribution in [0.5, 0.6) is 0 Å². The fourth-order valence-corrected chi connectivity index (χ4v) is 5.61. The zero-order valence-electron chi connectivity index (χ0n) is 25.8. The van der Waals surface area contributed by atoms with Gasteiger partial charge >= 0.3 is 0 Å².